The molecule has 2 N–H and O–H groups in total. The third-order valence-electron chi connectivity index (χ3n) is 3.84. The molecule has 1 aromatic carbocycles. The van der Waals surface area contributed by atoms with Crippen molar-refractivity contribution in [3.05, 3.63) is 70.7 Å². The lowest BCUT2D eigenvalue weighted by Gasteiger charge is -2.07. The number of carbonyl (C=O) groups excluding carboxylic acids is 1. The van der Waals surface area contributed by atoms with Gasteiger partial charge in [-0.05, 0) is 46.3 Å². The molecular weight excluding hydrogens is 494 g/mol. The highest BCUT2D eigenvalue weighted by Crippen LogP contribution is 2.20. The molecule has 0 bridgehead atoms. The molecule has 13 heteroatoms. The Morgan fingerprint density at radius 2 is 1.97 bits per heavy atom. The minimum absolute atomic E-state index is 0.0605. The van der Waals surface area contributed by atoms with Crippen LogP contribution in [0, 0.1) is 0 Å². The lowest BCUT2D eigenvalue weighted by molar-refractivity contribution is 0.102. The van der Waals surface area contributed by atoms with E-state index >= 15 is 0 Å². The Labute approximate surface area is 183 Å². The van der Waals surface area contributed by atoms with Crippen molar-refractivity contribution in [3.8, 4) is 0 Å². The number of anilines is 2. The zero-order valence-corrected chi connectivity index (χ0v) is 18.4. The van der Waals surface area contributed by atoms with E-state index in [1.165, 1.54) is 41.8 Å². The summed E-state index contributed by atoms with van der Waals surface area (Å²) in [5.74, 6) is -0.410. The van der Waals surface area contributed by atoms with Gasteiger partial charge < -0.3 is 5.32 Å². The van der Waals surface area contributed by atoms with Gasteiger partial charge in [0.25, 0.3) is 15.9 Å². The molecule has 154 valence electrons. The number of benzene rings is 1. The molecule has 1 amide bonds. The van der Waals surface area contributed by atoms with Crippen molar-refractivity contribution >= 4 is 54.0 Å². The van der Waals surface area contributed by atoms with Crippen LogP contribution in [-0.4, -0.2) is 38.9 Å². The quantitative estimate of drug-likeness (QED) is 0.396. The molecule has 4 rings (SSSR count). The number of nitrogens with zero attached hydrogens (tertiary/aromatic N) is 5. The van der Waals surface area contributed by atoms with Gasteiger partial charge in [-0.3, -0.25) is 14.2 Å². The maximum atomic E-state index is 12.4. The average Bonchev–Trinajstić information content (AvgIpc) is 3.45. The topological polar surface area (TPSA) is 124 Å². The Bertz CT molecular complexity index is 1260. The monoisotopic (exact) mass is 507 g/mol. The highest BCUT2D eigenvalue weighted by Gasteiger charge is 2.16. The zero-order chi connectivity index (χ0) is 21.1. The van der Waals surface area contributed by atoms with Crippen LogP contribution in [0.15, 0.2) is 69.9 Å². The van der Waals surface area contributed by atoms with Gasteiger partial charge >= 0.3 is 0 Å². The zero-order valence-electron chi connectivity index (χ0n) is 15.1. The second kappa shape index (κ2) is 8.38. The number of sulfonamides is 1. The number of hydrogen-bond donors (Lipinski definition) is 2. The van der Waals surface area contributed by atoms with E-state index in [9.17, 15) is 13.2 Å². The summed E-state index contributed by atoms with van der Waals surface area (Å²) in [7, 11) is -3.75. The van der Waals surface area contributed by atoms with E-state index in [0.717, 1.165) is 4.47 Å². The first kappa shape index (κ1) is 20.3. The molecule has 30 heavy (non-hydrogen) atoms. The van der Waals surface area contributed by atoms with Gasteiger partial charge in [0.15, 0.2) is 10.8 Å². The lowest BCUT2D eigenvalue weighted by Crippen LogP contribution is -2.15. The molecule has 10 nitrogen and oxygen atoms in total. The molecular formula is C17H14BrN7O3S2. The number of nitrogens with one attached hydrogen (secondary N) is 2. The first-order valence-electron chi connectivity index (χ1n) is 8.44. The predicted octanol–water partition coefficient (Wildman–Crippen LogP) is 2.86. The minimum atomic E-state index is -3.75. The Hall–Kier alpha value is -3.03. The van der Waals surface area contributed by atoms with E-state index in [-0.39, 0.29) is 15.7 Å². The van der Waals surface area contributed by atoms with Gasteiger partial charge in [0, 0.05) is 29.7 Å². The van der Waals surface area contributed by atoms with Crippen molar-refractivity contribution < 1.29 is 13.2 Å². The molecule has 0 saturated heterocycles. The van der Waals surface area contributed by atoms with Gasteiger partial charge in [0.1, 0.15) is 6.67 Å². The minimum Gasteiger partial charge on any atom is -0.321 e. The van der Waals surface area contributed by atoms with Crippen molar-refractivity contribution in [3.63, 3.8) is 0 Å². The van der Waals surface area contributed by atoms with Crippen molar-refractivity contribution in [1.82, 2.24) is 24.5 Å². The highest BCUT2D eigenvalue weighted by atomic mass is 79.9. The summed E-state index contributed by atoms with van der Waals surface area (Å²) in [6, 6.07) is 7.41. The molecule has 3 heterocycles. The first-order valence-corrected chi connectivity index (χ1v) is 11.6. The molecule has 0 atom stereocenters. The van der Waals surface area contributed by atoms with E-state index in [1.807, 2.05) is 0 Å². The number of aromatic nitrogens is 5. The molecule has 0 aliphatic rings. The summed E-state index contributed by atoms with van der Waals surface area (Å²) in [5.41, 5.74) is 0.669. The SMILES string of the molecule is O=C(Nc1ccc(S(=O)(=O)Nc2nccs2)cc1)c1ccn(Cn2cc(Br)cn2)n1. The van der Waals surface area contributed by atoms with Crippen LogP contribution in [0.25, 0.3) is 0 Å². The van der Waals surface area contributed by atoms with Gasteiger partial charge in [0.05, 0.1) is 15.6 Å². The predicted molar refractivity (Wildman–Crippen MR) is 115 cm³/mol. The standard InChI is InChI=1S/C17H14BrN7O3S2/c18-12-9-20-25(10-12)11-24-7-5-15(22-24)16(26)21-13-1-3-14(4-2-13)30(27,28)23-17-19-6-8-29-17/h1-10H,11H2,(H,19,23)(H,21,26). The van der Waals surface area contributed by atoms with E-state index in [2.05, 4.69) is 41.2 Å². The normalized spacial score (nSPS) is 11.4. The number of thiazole rings is 1. The van der Waals surface area contributed by atoms with Crippen LogP contribution >= 0.6 is 27.3 Å². The molecule has 0 radical (unpaired) electrons. The van der Waals surface area contributed by atoms with Gasteiger partial charge in [-0.15, -0.1) is 11.3 Å². The van der Waals surface area contributed by atoms with E-state index in [0.29, 0.717) is 12.4 Å². The van der Waals surface area contributed by atoms with Crippen LogP contribution in [0.2, 0.25) is 0 Å². The fourth-order valence-corrected chi connectivity index (χ4v) is 4.60. The maximum absolute atomic E-state index is 12.4. The average molecular weight is 508 g/mol. The fourth-order valence-electron chi connectivity index (χ4n) is 2.49. The van der Waals surface area contributed by atoms with E-state index in [4.69, 9.17) is 0 Å². The summed E-state index contributed by atoms with van der Waals surface area (Å²) < 4.78 is 31.2. The van der Waals surface area contributed by atoms with Crippen LogP contribution < -0.4 is 10.0 Å². The Morgan fingerprint density at radius 1 is 1.17 bits per heavy atom. The maximum Gasteiger partial charge on any atom is 0.276 e. The first-order chi connectivity index (χ1) is 14.4. The molecule has 0 unspecified atom stereocenters. The summed E-state index contributed by atoms with van der Waals surface area (Å²) >= 11 is 4.50. The lowest BCUT2D eigenvalue weighted by atomic mass is 10.3. The molecule has 0 fully saturated rings. The molecule has 3 aromatic heterocycles. The number of amides is 1. The Balaban J connectivity index is 1.40. The third kappa shape index (κ3) is 4.75. The number of carbonyl (C=O) groups is 1. The number of hydrogen-bond acceptors (Lipinski definition) is 7. The Morgan fingerprint density at radius 3 is 2.63 bits per heavy atom. The van der Waals surface area contributed by atoms with Crippen molar-refractivity contribution in [2.24, 2.45) is 0 Å². The van der Waals surface area contributed by atoms with Crippen LogP contribution in [0.1, 0.15) is 10.5 Å². The summed E-state index contributed by atoms with van der Waals surface area (Å²) in [4.78, 5) is 16.4. The van der Waals surface area contributed by atoms with Gasteiger partial charge in [-0.2, -0.15) is 10.2 Å². The van der Waals surface area contributed by atoms with E-state index < -0.39 is 15.9 Å². The van der Waals surface area contributed by atoms with Crippen LogP contribution in [0.5, 0.6) is 0 Å². The van der Waals surface area contributed by atoms with Crippen molar-refractivity contribution in [2.75, 3.05) is 10.0 Å². The second-order valence-electron chi connectivity index (χ2n) is 6.00. The second-order valence-corrected chi connectivity index (χ2v) is 9.49. The largest absolute Gasteiger partial charge is 0.321 e. The fraction of sp³-hybridized carbons (Fsp3) is 0.0588. The van der Waals surface area contributed by atoms with E-state index in [1.54, 1.807) is 39.4 Å². The molecule has 0 aliphatic carbocycles. The van der Waals surface area contributed by atoms with Crippen molar-refractivity contribution in [1.29, 1.82) is 0 Å². The van der Waals surface area contributed by atoms with Gasteiger partial charge in [-0.25, -0.2) is 18.1 Å². The van der Waals surface area contributed by atoms with Crippen LogP contribution in [-0.2, 0) is 16.7 Å². The molecule has 0 spiro atoms. The molecule has 0 saturated carbocycles. The number of rotatable bonds is 7. The van der Waals surface area contributed by atoms with Crippen molar-refractivity contribution in [2.45, 2.75) is 11.6 Å². The molecule has 0 aliphatic heterocycles. The van der Waals surface area contributed by atoms with Crippen LogP contribution in [0.4, 0.5) is 10.8 Å². The highest BCUT2D eigenvalue weighted by molar-refractivity contribution is 9.10. The summed E-state index contributed by atoms with van der Waals surface area (Å²) in [6.07, 6.45) is 6.63. The molecule has 4 aromatic rings. The smallest absolute Gasteiger partial charge is 0.276 e. The third-order valence-corrected chi connectivity index (χ3v) is 6.42. The van der Waals surface area contributed by atoms with Gasteiger partial charge in [-0.1, -0.05) is 0 Å². The Kier molecular flexibility index (Phi) is 5.65. The number of halogens is 1. The van der Waals surface area contributed by atoms with Crippen LogP contribution in [0.3, 0.4) is 0 Å². The van der Waals surface area contributed by atoms with Gasteiger partial charge in [0.2, 0.25) is 0 Å². The summed E-state index contributed by atoms with van der Waals surface area (Å²) in [5, 5.41) is 13.0. The summed E-state index contributed by atoms with van der Waals surface area (Å²) in [6.45, 7) is 0.359.